The van der Waals surface area contributed by atoms with E-state index >= 15 is 0 Å². The SMILES string of the molecule is O=CN(O)CC(=O)NCCSc1nc2nc[nH]c(=O)c2[nH]1. The molecule has 10 nitrogen and oxygen atoms in total. The zero-order valence-electron chi connectivity index (χ0n) is 10.7. The number of aromatic nitrogens is 4. The molecule has 0 atom stereocenters. The number of nitrogens with one attached hydrogen (secondary N) is 3. The number of hydrogen-bond acceptors (Lipinski definition) is 7. The van der Waals surface area contributed by atoms with Crippen LogP contribution in [0.4, 0.5) is 0 Å². The molecule has 0 fully saturated rings. The van der Waals surface area contributed by atoms with Gasteiger partial charge in [0.05, 0.1) is 6.33 Å². The molecule has 0 aromatic carbocycles. The molecule has 2 aromatic rings. The van der Waals surface area contributed by atoms with E-state index in [-0.39, 0.29) is 17.0 Å². The molecule has 2 heterocycles. The van der Waals surface area contributed by atoms with Gasteiger partial charge in [-0.3, -0.25) is 19.6 Å². The molecule has 2 rings (SSSR count). The number of fused-ring (bicyclic) bond motifs is 1. The van der Waals surface area contributed by atoms with Crippen molar-refractivity contribution < 1.29 is 14.8 Å². The maximum absolute atomic E-state index is 11.5. The van der Waals surface area contributed by atoms with Crippen LogP contribution in [0.3, 0.4) is 0 Å². The molecule has 4 N–H and O–H groups in total. The number of carbonyl (C=O) groups is 2. The highest BCUT2D eigenvalue weighted by Crippen LogP contribution is 2.14. The van der Waals surface area contributed by atoms with Crippen LogP contribution < -0.4 is 10.9 Å². The normalized spacial score (nSPS) is 10.5. The molecule has 0 saturated carbocycles. The van der Waals surface area contributed by atoms with Crippen molar-refractivity contribution >= 4 is 35.2 Å². The number of nitrogens with zero attached hydrogens (tertiary/aromatic N) is 3. The van der Waals surface area contributed by atoms with E-state index in [1.54, 1.807) is 0 Å². The van der Waals surface area contributed by atoms with E-state index < -0.39 is 12.5 Å². The molecule has 0 aliphatic rings. The van der Waals surface area contributed by atoms with E-state index in [4.69, 9.17) is 5.21 Å². The molecule has 0 spiro atoms. The second-order valence-corrected chi connectivity index (χ2v) is 4.96. The molecule has 2 aromatic heterocycles. The van der Waals surface area contributed by atoms with Crippen molar-refractivity contribution in [2.75, 3.05) is 18.8 Å². The molecule has 0 radical (unpaired) electrons. The van der Waals surface area contributed by atoms with E-state index in [1.807, 2.05) is 0 Å². The van der Waals surface area contributed by atoms with E-state index in [2.05, 4.69) is 25.3 Å². The van der Waals surface area contributed by atoms with Gasteiger partial charge in [0.15, 0.2) is 16.3 Å². The first-order valence-corrected chi connectivity index (χ1v) is 6.82. The van der Waals surface area contributed by atoms with Crippen molar-refractivity contribution in [3.63, 3.8) is 0 Å². The summed E-state index contributed by atoms with van der Waals surface area (Å²) in [5.41, 5.74) is 0.322. The monoisotopic (exact) mass is 312 g/mol. The minimum atomic E-state index is -0.479. The summed E-state index contributed by atoms with van der Waals surface area (Å²) < 4.78 is 0. The van der Waals surface area contributed by atoms with Gasteiger partial charge in [0.2, 0.25) is 12.3 Å². The van der Waals surface area contributed by atoms with Crippen LogP contribution >= 0.6 is 11.8 Å². The molecule has 0 unspecified atom stereocenters. The number of hydrogen-bond donors (Lipinski definition) is 4. The summed E-state index contributed by atoms with van der Waals surface area (Å²) >= 11 is 1.30. The lowest BCUT2D eigenvalue weighted by molar-refractivity contribution is -0.155. The van der Waals surface area contributed by atoms with Crippen LogP contribution in [0.25, 0.3) is 11.2 Å². The van der Waals surface area contributed by atoms with Crippen LogP contribution in [-0.2, 0) is 9.59 Å². The first kappa shape index (κ1) is 15.0. The Hall–Kier alpha value is -2.40. The van der Waals surface area contributed by atoms with Crippen LogP contribution in [0.15, 0.2) is 16.3 Å². The quantitative estimate of drug-likeness (QED) is 0.163. The van der Waals surface area contributed by atoms with Crippen molar-refractivity contribution in [2.24, 2.45) is 0 Å². The van der Waals surface area contributed by atoms with Gasteiger partial charge in [0.1, 0.15) is 6.54 Å². The molecule has 0 saturated heterocycles. The predicted molar refractivity (Wildman–Crippen MR) is 72.8 cm³/mol. The van der Waals surface area contributed by atoms with Crippen molar-refractivity contribution in [1.29, 1.82) is 0 Å². The second-order valence-electron chi connectivity index (χ2n) is 3.87. The van der Waals surface area contributed by atoms with E-state index in [9.17, 15) is 14.4 Å². The Morgan fingerprint density at radius 2 is 2.38 bits per heavy atom. The smallest absolute Gasteiger partial charge is 0.276 e. The summed E-state index contributed by atoms with van der Waals surface area (Å²) in [4.78, 5) is 46.1. The number of amides is 2. The van der Waals surface area contributed by atoms with Gasteiger partial charge in [-0.05, 0) is 0 Å². The summed E-state index contributed by atoms with van der Waals surface area (Å²) in [7, 11) is 0. The molecule has 2 amide bonds. The molecular formula is C10H12N6O4S. The maximum atomic E-state index is 11.5. The topological polar surface area (TPSA) is 144 Å². The minimum absolute atomic E-state index is 0.146. The van der Waals surface area contributed by atoms with E-state index in [0.717, 1.165) is 0 Å². The lowest BCUT2D eigenvalue weighted by atomic mass is 10.5. The fourth-order valence-electron chi connectivity index (χ4n) is 1.47. The molecule has 0 aliphatic heterocycles. The number of H-pyrrole nitrogens is 2. The Kier molecular flexibility index (Phi) is 4.90. The van der Waals surface area contributed by atoms with Crippen LogP contribution in [0.5, 0.6) is 0 Å². The van der Waals surface area contributed by atoms with Gasteiger partial charge in [-0.15, -0.1) is 0 Å². The largest absolute Gasteiger partial charge is 0.354 e. The van der Waals surface area contributed by atoms with Crippen molar-refractivity contribution in [3.8, 4) is 0 Å². The average Bonchev–Trinajstić information content (AvgIpc) is 2.88. The highest BCUT2D eigenvalue weighted by molar-refractivity contribution is 7.99. The zero-order chi connectivity index (χ0) is 15.2. The summed E-state index contributed by atoms with van der Waals surface area (Å²) in [5.74, 6) is 0.0172. The van der Waals surface area contributed by atoms with Gasteiger partial charge < -0.3 is 15.3 Å². The predicted octanol–water partition coefficient (Wildman–Crippen LogP) is -1.30. The van der Waals surface area contributed by atoms with Gasteiger partial charge in [-0.2, -0.15) is 0 Å². The van der Waals surface area contributed by atoms with E-state index in [1.165, 1.54) is 18.1 Å². The van der Waals surface area contributed by atoms with Gasteiger partial charge in [-0.1, -0.05) is 11.8 Å². The first-order chi connectivity index (χ1) is 10.1. The van der Waals surface area contributed by atoms with Crippen molar-refractivity contribution in [2.45, 2.75) is 5.16 Å². The summed E-state index contributed by atoms with van der Waals surface area (Å²) in [6.45, 7) is -0.102. The standard InChI is InChI=1S/C10H12N6O4S/c17-5-16(20)3-6(18)11-1-2-21-10-14-7-8(15-10)12-4-13-9(7)19/h4-5,20H,1-3H2,(H,11,18)(H2,12,13,14,15,19). The fraction of sp³-hybridized carbons (Fsp3) is 0.300. The highest BCUT2D eigenvalue weighted by atomic mass is 32.2. The highest BCUT2D eigenvalue weighted by Gasteiger charge is 2.08. The Labute approximate surface area is 121 Å². The fourth-order valence-corrected chi connectivity index (χ4v) is 2.19. The van der Waals surface area contributed by atoms with E-state index in [0.29, 0.717) is 28.6 Å². The number of rotatable bonds is 7. The van der Waals surface area contributed by atoms with Gasteiger partial charge in [0.25, 0.3) is 5.56 Å². The zero-order valence-corrected chi connectivity index (χ0v) is 11.5. The summed E-state index contributed by atoms with van der Waals surface area (Å²) in [5, 5.41) is 12.1. The third-order valence-corrected chi connectivity index (χ3v) is 3.24. The van der Waals surface area contributed by atoms with Crippen LogP contribution in [-0.4, -0.2) is 61.4 Å². The van der Waals surface area contributed by atoms with Crippen LogP contribution in [0, 0.1) is 0 Å². The first-order valence-electron chi connectivity index (χ1n) is 5.84. The van der Waals surface area contributed by atoms with Crippen LogP contribution in [0.1, 0.15) is 0 Å². The van der Waals surface area contributed by atoms with Crippen LogP contribution in [0.2, 0.25) is 0 Å². The molecule has 11 heteroatoms. The number of aromatic amines is 2. The molecule has 112 valence electrons. The lowest BCUT2D eigenvalue weighted by Crippen LogP contribution is -2.35. The van der Waals surface area contributed by atoms with Gasteiger partial charge in [-0.25, -0.2) is 15.0 Å². The average molecular weight is 312 g/mol. The lowest BCUT2D eigenvalue weighted by Gasteiger charge is -2.08. The Morgan fingerprint density at radius 1 is 1.57 bits per heavy atom. The van der Waals surface area contributed by atoms with Crippen molar-refractivity contribution in [3.05, 3.63) is 16.7 Å². The summed E-state index contributed by atoms with van der Waals surface area (Å²) in [6, 6.07) is 0. The van der Waals surface area contributed by atoms with Crippen molar-refractivity contribution in [1.82, 2.24) is 30.3 Å². The number of carbonyl (C=O) groups excluding carboxylic acids is 2. The van der Waals surface area contributed by atoms with Gasteiger partial charge in [0, 0.05) is 12.3 Å². The Morgan fingerprint density at radius 3 is 3.10 bits per heavy atom. The number of thioether (sulfide) groups is 1. The second kappa shape index (κ2) is 6.85. The molecular weight excluding hydrogens is 300 g/mol. The molecule has 0 bridgehead atoms. The molecule has 21 heavy (non-hydrogen) atoms. The number of hydroxylamine groups is 2. The van der Waals surface area contributed by atoms with Gasteiger partial charge >= 0.3 is 0 Å². The summed E-state index contributed by atoms with van der Waals surface area (Å²) in [6.07, 6.45) is 1.42. The Bertz CT molecular complexity index is 698. The number of imidazole rings is 1. The minimum Gasteiger partial charge on any atom is -0.354 e. The third-order valence-electron chi connectivity index (χ3n) is 2.36. The third kappa shape index (κ3) is 4.03. The maximum Gasteiger partial charge on any atom is 0.276 e. The Balaban J connectivity index is 1.80. The molecule has 0 aliphatic carbocycles.